The maximum absolute atomic E-state index is 11.0. The van der Waals surface area contributed by atoms with Crippen LogP contribution in [0.4, 0.5) is 0 Å². The Morgan fingerprint density at radius 1 is 0.727 bits per heavy atom. The highest BCUT2D eigenvalue weighted by atomic mass is 16.7. The van der Waals surface area contributed by atoms with Crippen LogP contribution in [-0.4, -0.2) is 98.0 Å². The van der Waals surface area contributed by atoms with E-state index in [0.29, 0.717) is 78.2 Å². The van der Waals surface area contributed by atoms with Crippen molar-refractivity contribution in [3.05, 3.63) is 0 Å². The molecule has 1 spiro atoms. The van der Waals surface area contributed by atoms with Crippen LogP contribution >= 0.6 is 0 Å². The Kier molecular flexibility index (Phi) is 8.78. The van der Waals surface area contributed by atoms with Gasteiger partial charge in [0.05, 0.1) is 63.1 Å². The van der Waals surface area contributed by atoms with E-state index in [0.717, 1.165) is 38.9 Å². The average molecular weight is 473 g/mol. The molecule has 0 bridgehead atoms. The highest BCUT2D eigenvalue weighted by Gasteiger charge is 2.46. The summed E-state index contributed by atoms with van der Waals surface area (Å²) in [5, 5.41) is 20.6. The first kappa shape index (κ1) is 25.4. The van der Waals surface area contributed by atoms with E-state index in [-0.39, 0.29) is 18.0 Å². The highest BCUT2D eigenvalue weighted by Crippen LogP contribution is 2.40. The van der Waals surface area contributed by atoms with Gasteiger partial charge in [0.2, 0.25) is 0 Å². The van der Waals surface area contributed by atoms with E-state index in [9.17, 15) is 15.0 Å². The van der Waals surface area contributed by atoms with Crippen molar-refractivity contribution in [1.29, 1.82) is 0 Å². The van der Waals surface area contributed by atoms with Crippen LogP contribution in [0.5, 0.6) is 0 Å². The van der Waals surface area contributed by atoms with E-state index in [4.69, 9.17) is 28.4 Å². The smallest absolute Gasteiger partial charge is 0.168 e. The zero-order valence-electron chi connectivity index (χ0n) is 19.6. The van der Waals surface area contributed by atoms with Gasteiger partial charge >= 0.3 is 0 Å². The molecule has 0 aromatic carbocycles. The number of hydrogen-bond donors (Lipinski definition) is 2. The summed E-state index contributed by atoms with van der Waals surface area (Å²) in [6, 6.07) is 0. The van der Waals surface area contributed by atoms with Gasteiger partial charge in [0.15, 0.2) is 5.79 Å². The van der Waals surface area contributed by atoms with Crippen molar-refractivity contribution in [2.24, 2.45) is 0 Å². The SMILES string of the molecule is O=C1CCC(O)(CO[C@H]2CCOC2)CC1.OC1(CO[C@H]2CCOC2)CCC2(CC1)OCCO2. The van der Waals surface area contributed by atoms with Crippen molar-refractivity contribution in [2.45, 2.75) is 93.4 Å². The molecule has 9 heteroatoms. The summed E-state index contributed by atoms with van der Waals surface area (Å²) >= 11 is 0. The number of rotatable bonds is 6. The summed E-state index contributed by atoms with van der Waals surface area (Å²) < 4.78 is 33.1. The quantitative estimate of drug-likeness (QED) is 0.594. The summed E-state index contributed by atoms with van der Waals surface area (Å²) in [5.74, 6) is -0.160. The molecular weight excluding hydrogens is 432 g/mol. The fraction of sp³-hybridized carbons (Fsp3) is 0.958. The third-order valence-corrected chi connectivity index (χ3v) is 7.45. The second-order valence-electron chi connectivity index (χ2n) is 10.2. The normalized spacial score (nSPS) is 32.6. The molecule has 5 rings (SSSR count). The van der Waals surface area contributed by atoms with Crippen LogP contribution in [-0.2, 0) is 33.2 Å². The lowest BCUT2D eigenvalue weighted by atomic mass is 9.82. The number of ketones is 1. The predicted molar refractivity (Wildman–Crippen MR) is 117 cm³/mol. The summed E-state index contributed by atoms with van der Waals surface area (Å²) in [4.78, 5) is 11.0. The molecule has 3 saturated heterocycles. The molecule has 190 valence electrons. The van der Waals surface area contributed by atoms with Crippen LogP contribution in [0, 0.1) is 0 Å². The van der Waals surface area contributed by atoms with E-state index in [1.165, 1.54) is 0 Å². The molecule has 0 amide bonds. The van der Waals surface area contributed by atoms with E-state index in [1.54, 1.807) is 0 Å². The first-order valence-corrected chi connectivity index (χ1v) is 12.5. The molecule has 33 heavy (non-hydrogen) atoms. The average Bonchev–Trinajstić information content (AvgIpc) is 3.60. The summed E-state index contributed by atoms with van der Waals surface area (Å²) in [7, 11) is 0. The van der Waals surface area contributed by atoms with Crippen molar-refractivity contribution >= 4 is 5.78 Å². The Hall–Kier alpha value is -0.650. The van der Waals surface area contributed by atoms with Gasteiger partial charge in [0, 0.05) is 38.9 Å². The van der Waals surface area contributed by atoms with Crippen molar-refractivity contribution in [1.82, 2.24) is 0 Å². The van der Waals surface area contributed by atoms with Gasteiger partial charge in [-0.15, -0.1) is 0 Å². The van der Waals surface area contributed by atoms with E-state index in [1.807, 2.05) is 0 Å². The maximum atomic E-state index is 11.0. The fourth-order valence-corrected chi connectivity index (χ4v) is 5.00. The lowest BCUT2D eigenvalue weighted by Gasteiger charge is -2.40. The maximum Gasteiger partial charge on any atom is 0.168 e. The summed E-state index contributed by atoms with van der Waals surface area (Å²) in [6.07, 6.45) is 7.07. The van der Waals surface area contributed by atoms with Gasteiger partial charge in [-0.25, -0.2) is 0 Å². The zero-order valence-corrected chi connectivity index (χ0v) is 19.6. The largest absolute Gasteiger partial charge is 0.387 e. The number of carbonyl (C=O) groups is 1. The number of hydrogen-bond acceptors (Lipinski definition) is 9. The molecule has 3 aliphatic heterocycles. The van der Waals surface area contributed by atoms with Crippen molar-refractivity contribution < 1.29 is 43.4 Å². The molecule has 2 N–H and O–H groups in total. The Balaban J connectivity index is 0.000000160. The molecule has 2 atom stereocenters. The van der Waals surface area contributed by atoms with Crippen LogP contribution in [0.2, 0.25) is 0 Å². The summed E-state index contributed by atoms with van der Waals surface area (Å²) in [5.41, 5.74) is -1.50. The van der Waals surface area contributed by atoms with Crippen LogP contribution in [0.15, 0.2) is 0 Å². The molecule has 2 saturated carbocycles. The molecule has 0 aromatic heterocycles. The Morgan fingerprint density at radius 3 is 1.67 bits per heavy atom. The van der Waals surface area contributed by atoms with Crippen LogP contribution in [0.3, 0.4) is 0 Å². The minimum absolute atomic E-state index is 0.131. The minimum Gasteiger partial charge on any atom is -0.387 e. The number of Topliss-reactive ketones (excluding diaryl/α,β-unsaturated/α-hetero) is 1. The highest BCUT2D eigenvalue weighted by molar-refractivity contribution is 5.79. The molecule has 3 heterocycles. The lowest BCUT2D eigenvalue weighted by molar-refractivity contribution is -0.211. The second kappa shape index (κ2) is 11.4. The number of ether oxygens (including phenoxy) is 6. The zero-order chi connectivity index (χ0) is 23.2. The van der Waals surface area contributed by atoms with Crippen LogP contribution < -0.4 is 0 Å². The lowest BCUT2D eigenvalue weighted by Crippen LogP contribution is -2.46. The Labute approximate surface area is 196 Å². The molecule has 0 aromatic rings. The molecular formula is C24H40O9. The van der Waals surface area contributed by atoms with Gasteiger partial charge in [-0.2, -0.15) is 0 Å². The van der Waals surface area contributed by atoms with Crippen LogP contribution in [0.25, 0.3) is 0 Å². The van der Waals surface area contributed by atoms with Crippen molar-refractivity contribution in [2.75, 3.05) is 52.9 Å². The van der Waals surface area contributed by atoms with E-state index < -0.39 is 17.0 Å². The summed E-state index contributed by atoms with van der Waals surface area (Å²) in [6.45, 7) is 4.91. The molecule has 5 aliphatic rings. The topological polar surface area (TPSA) is 113 Å². The Morgan fingerprint density at radius 2 is 1.21 bits per heavy atom. The van der Waals surface area contributed by atoms with Gasteiger partial charge in [-0.05, 0) is 38.5 Å². The Bertz CT molecular complexity index is 596. The predicted octanol–water partition coefficient (Wildman–Crippen LogP) is 1.51. The molecule has 9 nitrogen and oxygen atoms in total. The number of carbonyl (C=O) groups excluding carboxylic acids is 1. The van der Waals surface area contributed by atoms with Gasteiger partial charge in [0.1, 0.15) is 5.78 Å². The standard InChI is InChI=1S/C13H22O5.C11H18O4/c14-12(10-16-11-1-6-15-9-11)2-4-13(5-3-12)17-7-8-18-13;12-9-1-4-11(13,5-2-9)8-15-10-3-6-14-7-10/h11,14H,1-10H2;10,13H,1-8H2/t11-;10-/m00/s1. The fourth-order valence-electron chi connectivity index (χ4n) is 5.00. The van der Waals surface area contributed by atoms with Gasteiger partial charge in [0.25, 0.3) is 0 Å². The van der Waals surface area contributed by atoms with E-state index in [2.05, 4.69) is 0 Å². The monoisotopic (exact) mass is 472 g/mol. The van der Waals surface area contributed by atoms with Gasteiger partial charge in [-0.1, -0.05) is 0 Å². The first-order chi connectivity index (χ1) is 15.9. The van der Waals surface area contributed by atoms with Gasteiger partial charge < -0.3 is 38.6 Å². The second-order valence-corrected chi connectivity index (χ2v) is 10.2. The first-order valence-electron chi connectivity index (χ1n) is 12.5. The third-order valence-electron chi connectivity index (χ3n) is 7.45. The van der Waals surface area contributed by atoms with Crippen molar-refractivity contribution in [3.63, 3.8) is 0 Å². The van der Waals surface area contributed by atoms with Gasteiger partial charge in [-0.3, -0.25) is 4.79 Å². The molecule has 2 aliphatic carbocycles. The number of aliphatic hydroxyl groups is 2. The van der Waals surface area contributed by atoms with E-state index >= 15 is 0 Å². The third kappa shape index (κ3) is 7.41. The molecule has 0 unspecified atom stereocenters. The minimum atomic E-state index is -0.781. The van der Waals surface area contributed by atoms with Crippen molar-refractivity contribution in [3.8, 4) is 0 Å². The molecule has 0 radical (unpaired) electrons. The van der Waals surface area contributed by atoms with Crippen LogP contribution in [0.1, 0.15) is 64.2 Å². The molecule has 5 fully saturated rings.